The van der Waals surface area contributed by atoms with E-state index in [1.54, 1.807) is 19.9 Å². The third-order valence-corrected chi connectivity index (χ3v) is 6.07. The Kier molecular flexibility index (Phi) is 6.57. The van der Waals surface area contributed by atoms with Crippen LogP contribution in [0.15, 0.2) is 51.1 Å². The Morgan fingerprint density at radius 3 is 2.24 bits per heavy atom. The van der Waals surface area contributed by atoms with Crippen LogP contribution in [0, 0.1) is 13.8 Å². The Bertz CT molecular complexity index is 895. The summed E-state index contributed by atoms with van der Waals surface area (Å²) in [5, 5.41) is 11.8. The van der Waals surface area contributed by atoms with E-state index < -0.39 is 21.2 Å². The van der Waals surface area contributed by atoms with E-state index in [1.807, 2.05) is 0 Å². The lowest BCUT2D eigenvalue weighted by atomic mass is 10.2. The van der Waals surface area contributed by atoms with Crippen LogP contribution in [-0.4, -0.2) is 22.4 Å². The van der Waals surface area contributed by atoms with Crippen LogP contribution in [0.25, 0.3) is 0 Å². The monoisotopic (exact) mass is 406 g/mol. The lowest BCUT2D eigenvalue weighted by molar-refractivity contribution is -0.432. The summed E-state index contributed by atoms with van der Waals surface area (Å²) in [6, 6.07) is 8.38. The number of rotatable bonds is 7. The Hall–Kier alpha value is -1.47. The number of hydrogen-bond donors (Lipinski definition) is 2. The van der Waals surface area contributed by atoms with E-state index >= 15 is 0 Å². The minimum Gasteiger partial charge on any atom is -0.380 e. The molecule has 0 radical (unpaired) electrons. The molecule has 2 N–H and O–H groups in total. The minimum atomic E-state index is -3.91. The van der Waals surface area contributed by atoms with Crippen molar-refractivity contribution in [1.29, 1.82) is 0 Å². The summed E-state index contributed by atoms with van der Waals surface area (Å²) < 4.78 is 54.3. The summed E-state index contributed by atoms with van der Waals surface area (Å²) in [5.41, 5.74) is 1.22. The van der Waals surface area contributed by atoms with Crippen LogP contribution in [-0.2, 0) is 30.6 Å². The second kappa shape index (κ2) is 8.27. The highest BCUT2D eigenvalue weighted by molar-refractivity contribution is 7.94. The van der Waals surface area contributed by atoms with Gasteiger partial charge in [-0.3, -0.25) is 4.55 Å². The fraction of sp³-hybridized carbons (Fsp3) is 0.143. The highest BCUT2D eigenvalue weighted by Crippen LogP contribution is 2.31. The maximum absolute atomic E-state index is 12.8. The molecule has 1 unspecified atom stereocenters. The molecular formula is C14H14O8S3. The minimum absolute atomic E-state index is 0.0133. The molecular weight excluding hydrogens is 392 g/mol. The summed E-state index contributed by atoms with van der Waals surface area (Å²) in [6.07, 6.45) is 0. The Morgan fingerprint density at radius 2 is 1.64 bits per heavy atom. The first kappa shape index (κ1) is 19.8. The van der Waals surface area contributed by atoms with Gasteiger partial charge in [0.1, 0.15) is 5.75 Å². The van der Waals surface area contributed by atoms with Crippen LogP contribution >= 0.6 is 12.0 Å². The SMILES string of the molecule is Cc1ccc(S(=O)(=O)c2ccc(C)c(SOOO)c2)cc1OS(=O)O. The van der Waals surface area contributed by atoms with Crippen molar-refractivity contribution < 1.29 is 36.0 Å². The van der Waals surface area contributed by atoms with Crippen LogP contribution in [0.2, 0.25) is 0 Å². The molecule has 0 amide bonds. The molecule has 0 heterocycles. The van der Waals surface area contributed by atoms with Crippen molar-refractivity contribution in [2.45, 2.75) is 28.5 Å². The number of sulfone groups is 1. The van der Waals surface area contributed by atoms with Crippen molar-refractivity contribution in [3.05, 3.63) is 47.5 Å². The Labute approximate surface area is 151 Å². The smallest absolute Gasteiger partial charge is 0.357 e. The highest BCUT2D eigenvalue weighted by atomic mass is 32.2. The van der Waals surface area contributed by atoms with Gasteiger partial charge in [-0.25, -0.2) is 13.7 Å². The van der Waals surface area contributed by atoms with Crippen LogP contribution in [0.4, 0.5) is 0 Å². The van der Waals surface area contributed by atoms with E-state index in [9.17, 15) is 12.6 Å². The molecule has 0 bridgehead atoms. The van der Waals surface area contributed by atoms with Crippen molar-refractivity contribution in [2.24, 2.45) is 0 Å². The van der Waals surface area contributed by atoms with Gasteiger partial charge in [-0.15, -0.1) is 4.33 Å². The Balaban J connectivity index is 2.46. The summed E-state index contributed by atoms with van der Waals surface area (Å²) >= 11 is -1.92. The Morgan fingerprint density at radius 1 is 1.04 bits per heavy atom. The van der Waals surface area contributed by atoms with E-state index in [1.165, 1.54) is 30.3 Å². The average Bonchev–Trinajstić information content (AvgIpc) is 2.55. The molecule has 0 saturated carbocycles. The van der Waals surface area contributed by atoms with E-state index in [-0.39, 0.29) is 15.5 Å². The fourth-order valence-electron chi connectivity index (χ4n) is 1.94. The quantitative estimate of drug-likeness (QED) is 0.309. The van der Waals surface area contributed by atoms with Gasteiger partial charge in [0.05, 0.1) is 21.8 Å². The topological polar surface area (TPSA) is 119 Å². The zero-order valence-electron chi connectivity index (χ0n) is 13.0. The summed E-state index contributed by atoms with van der Waals surface area (Å²) in [7, 11) is -3.91. The molecule has 0 aliphatic rings. The number of benzene rings is 2. The van der Waals surface area contributed by atoms with Crippen molar-refractivity contribution >= 4 is 33.2 Å². The van der Waals surface area contributed by atoms with Gasteiger partial charge in [-0.05, 0) is 43.2 Å². The first-order valence-corrected chi connectivity index (χ1v) is 9.91. The maximum Gasteiger partial charge on any atom is 0.357 e. The van der Waals surface area contributed by atoms with Gasteiger partial charge in [-0.2, -0.15) is 4.21 Å². The lowest BCUT2D eigenvalue weighted by Gasteiger charge is -2.10. The normalized spacial score (nSPS) is 12.8. The van der Waals surface area contributed by atoms with Gasteiger partial charge >= 0.3 is 11.4 Å². The number of aryl methyl sites for hydroxylation is 2. The van der Waals surface area contributed by atoms with Gasteiger partial charge in [0, 0.05) is 11.0 Å². The van der Waals surface area contributed by atoms with Crippen molar-refractivity contribution in [3.63, 3.8) is 0 Å². The maximum atomic E-state index is 12.8. The molecule has 1 atom stereocenters. The van der Waals surface area contributed by atoms with Gasteiger partial charge in [0.2, 0.25) is 9.84 Å². The zero-order chi connectivity index (χ0) is 18.6. The molecule has 0 fully saturated rings. The van der Waals surface area contributed by atoms with Crippen LogP contribution in [0.5, 0.6) is 5.75 Å². The highest BCUT2D eigenvalue weighted by Gasteiger charge is 2.21. The standard InChI is InChI=1S/C14H14O8S3/c1-9-3-5-11(7-13(9)20-24(16)17)25(18,19)12-6-4-10(2)14(8-12)23-22-21-15/h3-8,15H,1-2H3,(H,16,17). The molecule has 0 aromatic heterocycles. The molecule has 8 nitrogen and oxygen atoms in total. The molecule has 0 aliphatic carbocycles. The lowest BCUT2D eigenvalue weighted by Crippen LogP contribution is -2.05. The summed E-state index contributed by atoms with van der Waals surface area (Å²) in [4.78, 5) is 0.301. The third kappa shape index (κ3) is 4.79. The number of hydrogen-bond acceptors (Lipinski definition) is 8. The van der Waals surface area contributed by atoms with Crippen molar-refractivity contribution in [1.82, 2.24) is 0 Å². The molecule has 0 saturated heterocycles. The second-order valence-electron chi connectivity index (χ2n) is 4.88. The molecule has 0 spiro atoms. The predicted molar refractivity (Wildman–Crippen MR) is 89.9 cm³/mol. The molecule has 2 rings (SSSR count). The average molecular weight is 406 g/mol. The molecule has 11 heteroatoms. The first-order chi connectivity index (χ1) is 11.8. The van der Waals surface area contributed by atoms with E-state index in [4.69, 9.17) is 14.0 Å². The van der Waals surface area contributed by atoms with Crippen LogP contribution < -0.4 is 4.18 Å². The van der Waals surface area contributed by atoms with E-state index in [0.29, 0.717) is 28.1 Å². The van der Waals surface area contributed by atoms with Gasteiger partial charge in [0.25, 0.3) is 0 Å². The van der Waals surface area contributed by atoms with Crippen molar-refractivity contribution in [3.8, 4) is 5.75 Å². The van der Waals surface area contributed by atoms with E-state index in [2.05, 4.69) is 9.37 Å². The second-order valence-corrected chi connectivity index (χ2v) is 8.18. The molecule has 136 valence electrons. The zero-order valence-corrected chi connectivity index (χ0v) is 15.5. The van der Waals surface area contributed by atoms with Gasteiger partial charge in [0.15, 0.2) is 0 Å². The van der Waals surface area contributed by atoms with Crippen molar-refractivity contribution in [2.75, 3.05) is 0 Å². The van der Waals surface area contributed by atoms with E-state index in [0.717, 1.165) is 0 Å². The fourth-order valence-corrected chi connectivity index (χ4v) is 4.13. The molecule has 2 aromatic carbocycles. The summed E-state index contributed by atoms with van der Waals surface area (Å²) in [5.74, 6) is -0.0133. The largest absolute Gasteiger partial charge is 0.380 e. The van der Waals surface area contributed by atoms with Gasteiger partial charge < -0.3 is 4.18 Å². The van der Waals surface area contributed by atoms with Crippen LogP contribution in [0.1, 0.15) is 11.1 Å². The first-order valence-electron chi connectivity index (χ1n) is 6.66. The molecule has 2 aromatic rings. The van der Waals surface area contributed by atoms with Gasteiger partial charge in [-0.1, -0.05) is 17.2 Å². The van der Waals surface area contributed by atoms with Crippen LogP contribution in [0.3, 0.4) is 0 Å². The summed E-state index contributed by atoms with van der Waals surface area (Å²) in [6.45, 7) is 3.35. The predicted octanol–water partition coefficient (Wildman–Crippen LogP) is 3.08. The molecule has 0 aliphatic heterocycles. The molecule has 25 heavy (non-hydrogen) atoms. The third-order valence-electron chi connectivity index (χ3n) is 3.26.